The van der Waals surface area contributed by atoms with Crippen LogP contribution < -0.4 is 5.32 Å². The first-order chi connectivity index (χ1) is 8.72. The average molecular weight is 409 g/mol. The van der Waals surface area contributed by atoms with E-state index in [1.807, 2.05) is 6.92 Å². The SMILES string of the molecule is CC(CBr)(CBr)NC(=O)C1CCCC(C(F)(F)F)C1. The average Bonchev–Trinajstić information content (AvgIpc) is 2.37. The number of amides is 1. The zero-order valence-electron chi connectivity index (χ0n) is 10.7. The molecule has 1 N–H and O–H groups in total. The van der Waals surface area contributed by atoms with Crippen LogP contribution in [0.1, 0.15) is 32.6 Å². The van der Waals surface area contributed by atoms with Gasteiger partial charge in [0.1, 0.15) is 0 Å². The fourth-order valence-corrected chi connectivity index (χ4v) is 3.44. The van der Waals surface area contributed by atoms with Crippen molar-refractivity contribution in [2.75, 3.05) is 10.7 Å². The summed E-state index contributed by atoms with van der Waals surface area (Å²) in [7, 11) is 0. The molecule has 0 aromatic carbocycles. The summed E-state index contributed by atoms with van der Waals surface area (Å²) in [6.07, 6.45) is -3.13. The molecule has 2 unspecified atom stereocenters. The summed E-state index contributed by atoms with van der Waals surface area (Å²) in [5.41, 5.74) is -0.470. The van der Waals surface area contributed by atoms with E-state index >= 15 is 0 Å². The van der Waals surface area contributed by atoms with Crippen molar-refractivity contribution < 1.29 is 18.0 Å². The quantitative estimate of drug-likeness (QED) is 0.699. The predicted molar refractivity (Wildman–Crippen MR) is 75.6 cm³/mol. The van der Waals surface area contributed by atoms with Crippen molar-refractivity contribution in [3.63, 3.8) is 0 Å². The van der Waals surface area contributed by atoms with Gasteiger partial charge in [-0.15, -0.1) is 0 Å². The van der Waals surface area contributed by atoms with Crippen molar-refractivity contribution >= 4 is 37.8 Å². The summed E-state index contributed by atoms with van der Waals surface area (Å²) < 4.78 is 38.1. The molecule has 0 aromatic rings. The molecule has 0 aromatic heterocycles. The molecule has 0 heterocycles. The summed E-state index contributed by atoms with van der Waals surface area (Å²) in [6.45, 7) is 1.85. The van der Waals surface area contributed by atoms with Gasteiger partial charge in [0.15, 0.2) is 0 Å². The van der Waals surface area contributed by atoms with Crippen LogP contribution in [0, 0.1) is 11.8 Å². The third-order valence-electron chi connectivity index (χ3n) is 3.52. The maximum atomic E-state index is 12.7. The molecule has 1 aliphatic carbocycles. The molecule has 1 rings (SSSR count). The largest absolute Gasteiger partial charge is 0.391 e. The number of alkyl halides is 5. The Hall–Kier alpha value is 0.220. The molecule has 0 bridgehead atoms. The summed E-state index contributed by atoms with van der Waals surface area (Å²) in [4.78, 5) is 12.1. The van der Waals surface area contributed by atoms with Crippen LogP contribution in [-0.4, -0.2) is 28.3 Å². The van der Waals surface area contributed by atoms with Gasteiger partial charge in [-0.25, -0.2) is 0 Å². The van der Waals surface area contributed by atoms with Gasteiger partial charge in [-0.3, -0.25) is 4.79 Å². The van der Waals surface area contributed by atoms with Gasteiger partial charge in [0, 0.05) is 16.6 Å². The zero-order valence-corrected chi connectivity index (χ0v) is 13.9. The van der Waals surface area contributed by atoms with Crippen molar-refractivity contribution in [3.8, 4) is 0 Å². The van der Waals surface area contributed by atoms with E-state index in [0.717, 1.165) is 0 Å². The molecule has 1 fully saturated rings. The van der Waals surface area contributed by atoms with Crippen LogP contribution in [-0.2, 0) is 4.79 Å². The van der Waals surface area contributed by atoms with Gasteiger partial charge >= 0.3 is 6.18 Å². The molecule has 0 saturated heterocycles. The minimum atomic E-state index is -4.19. The molecule has 2 atom stereocenters. The molecule has 112 valence electrons. The van der Waals surface area contributed by atoms with Crippen molar-refractivity contribution in [3.05, 3.63) is 0 Å². The predicted octanol–water partition coefficient (Wildman–Crippen LogP) is 4.02. The highest BCUT2D eigenvalue weighted by atomic mass is 79.9. The van der Waals surface area contributed by atoms with E-state index in [2.05, 4.69) is 37.2 Å². The summed E-state index contributed by atoms with van der Waals surface area (Å²) in [5, 5.41) is 3.93. The topological polar surface area (TPSA) is 29.1 Å². The number of carbonyl (C=O) groups is 1. The summed E-state index contributed by atoms with van der Waals surface area (Å²) in [5.74, 6) is -2.13. The molecule has 1 amide bonds. The number of carbonyl (C=O) groups excluding carboxylic acids is 1. The van der Waals surface area contributed by atoms with Crippen molar-refractivity contribution in [1.29, 1.82) is 0 Å². The third-order valence-corrected chi connectivity index (χ3v) is 6.00. The molecule has 1 aliphatic rings. The molecule has 7 heteroatoms. The first kappa shape index (κ1) is 17.3. The number of rotatable bonds is 4. The van der Waals surface area contributed by atoms with Crippen LogP contribution in [0.4, 0.5) is 13.2 Å². The molecule has 2 nitrogen and oxygen atoms in total. The Morgan fingerprint density at radius 2 is 1.84 bits per heavy atom. The van der Waals surface area contributed by atoms with E-state index in [-0.39, 0.29) is 18.7 Å². The monoisotopic (exact) mass is 407 g/mol. The smallest absolute Gasteiger partial charge is 0.349 e. The summed E-state index contributed by atoms with van der Waals surface area (Å²) in [6, 6.07) is 0. The highest BCUT2D eigenvalue weighted by Crippen LogP contribution is 2.40. The minimum Gasteiger partial charge on any atom is -0.349 e. The van der Waals surface area contributed by atoms with Crippen LogP contribution >= 0.6 is 31.9 Å². The molecular formula is C12H18Br2F3NO. The van der Waals surface area contributed by atoms with Crippen LogP contribution in [0.25, 0.3) is 0 Å². The van der Waals surface area contributed by atoms with Gasteiger partial charge in [-0.1, -0.05) is 38.3 Å². The Labute approximate surface area is 128 Å². The van der Waals surface area contributed by atoms with Crippen molar-refractivity contribution in [1.82, 2.24) is 5.32 Å². The van der Waals surface area contributed by atoms with Gasteiger partial charge < -0.3 is 5.32 Å². The van der Waals surface area contributed by atoms with E-state index in [0.29, 0.717) is 23.5 Å². The number of hydrogen-bond donors (Lipinski definition) is 1. The lowest BCUT2D eigenvalue weighted by atomic mass is 9.80. The molecule has 0 spiro atoms. The van der Waals surface area contributed by atoms with Gasteiger partial charge in [-0.2, -0.15) is 13.2 Å². The fourth-order valence-electron chi connectivity index (χ4n) is 2.23. The standard InChI is InChI=1S/C12H18Br2F3NO/c1-11(6-13,7-14)18-10(19)8-3-2-4-9(5-8)12(15,16)17/h8-9H,2-7H2,1H3,(H,18,19). The van der Waals surface area contributed by atoms with E-state index in [9.17, 15) is 18.0 Å². The Balaban J connectivity index is 2.62. The second kappa shape index (κ2) is 6.78. The third kappa shape index (κ3) is 4.92. The molecule has 1 saturated carbocycles. The van der Waals surface area contributed by atoms with Crippen LogP contribution in [0.3, 0.4) is 0 Å². The van der Waals surface area contributed by atoms with Crippen molar-refractivity contribution in [2.24, 2.45) is 11.8 Å². The second-order valence-corrected chi connectivity index (χ2v) is 6.54. The Bertz CT molecular complexity index is 319. The lowest BCUT2D eigenvalue weighted by Gasteiger charge is -2.33. The van der Waals surface area contributed by atoms with Gasteiger partial charge in [0.25, 0.3) is 0 Å². The van der Waals surface area contributed by atoms with Gasteiger partial charge in [0.05, 0.1) is 11.5 Å². The van der Waals surface area contributed by atoms with Crippen LogP contribution in [0.5, 0.6) is 0 Å². The normalized spacial score (nSPS) is 25.2. The molecular weight excluding hydrogens is 391 g/mol. The lowest BCUT2D eigenvalue weighted by Crippen LogP contribution is -2.51. The van der Waals surface area contributed by atoms with E-state index < -0.39 is 23.6 Å². The zero-order chi connectivity index (χ0) is 14.7. The number of halogens is 5. The summed E-state index contributed by atoms with van der Waals surface area (Å²) >= 11 is 6.61. The van der Waals surface area contributed by atoms with Crippen LogP contribution in [0.2, 0.25) is 0 Å². The van der Waals surface area contributed by atoms with E-state index in [1.54, 1.807) is 0 Å². The van der Waals surface area contributed by atoms with Gasteiger partial charge in [0.2, 0.25) is 5.91 Å². The lowest BCUT2D eigenvalue weighted by molar-refractivity contribution is -0.186. The molecule has 19 heavy (non-hydrogen) atoms. The van der Waals surface area contributed by atoms with E-state index in [4.69, 9.17) is 0 Å². The second-order valence-electron chi connectivity index (χ2n) is 5.42. The van der Waals surface area contributed by atoms with Gasteiger partial charge in [-0.05, 0) is 26.2 Å². The fraction of sp³-hybridized carbons (Fsp3) is 0.917. The Morgan fingerprint density at radius 3 is 2.32 bits per heavy atom. The first-order valence-corrected chi connectivity index (χ1v) is 8.47. The highest BCUT2D eigenvalue weighted by molar-refractivity contribution is 9.09. The van der Waals surface area contributed by atoms with Crippen molar-refractivity contribution in [2.45, 2.75) is 44.3 Å². The Morgan fingerprint density at radius 1 is 1.26 bits per heavy atom. The maximum Gasteiger partial charge on any atom is 0.391 e. The van der Waals surface area contributed by atoms with Crippen LogP contribution in [0.15, 0.2) is 0 Å². The number of nitrogens with one attached hydrogen (secondary N) is 1. The number of hydrogen-bond acceptors (Lipinski definition) is 1. The maximum absolute atomic E-state index is 12.7. The molecule has 0 aliphatic heterocycles. The van der Waals surface area contributed by atoms with E-state index in [1.165, 1.54) is 0 Å². The minimum absolute atomic E-state index is 0.0873. The highest BCUT2D eigenvalue weighted by Gasteiger charge is 2.44. The first-order valence-electron chi connectivity index (χ1n) is 6.22. The molecule has 0 radical (unpaired) electrons. The Kier molecular flexibility index (Phi) is 6.17.